The van der Waals surface area contributed by atoms with E-state index in [-0.39, 0.29) is 5.91 Å². The van der Waals surface area contributed by atoms with Crippen LogP contribution in [0.5, 0.6) is 0 Å². The SMILES string of the molecule is C[C@H](C(=O)N1CCCCC1)N(c1ccccc1)S(C)(=O)=O. The van der Waals surface area contributed by atoms with Crippen LogP contribution < -0.4 is 4.31 Å². The second-order valence-corrected chi connectivity index (χ2v) is 7.32. The monoisotopic (exact) mass is 310 g/mol. The lowest BCUT2D eigenvalue weighted by Crippen LogP contribution is -2.50. The van der Waals surface area contributed by atoms with Crippen LogP contribution in [0, 0.1) is 0 Å². The van der Waals surface area contributed by atoms with Crippen molar-refractivity contribution in [1.29, 1.82) is 0 Å². The fourth-order valence-electron chi connectivity index (χ4n) is 2.76. The second kappa shape index (κ2) is 6.47. The number of carbonyl (C=O) groups is 1. The Kier molecular flexibility index (Phi) is 4.88. The molecule has 0 aliphatic carbocycles. The predicted octanol–water partition coefficient (Wildman–Crippen LogP) is 1.85. The number of para-hydroxylation sites is 1. The maximum atomic E-state index is 12.6. The highest BCUT2D eigenvalue weighted by Gasteiger charge is 2.32. The molecule has 1 aromatic carbocycles. The topological polar surface area (TPSA) is 57.7 Å². The van der Waals surface area contributed by atoms with E-state index in [0.29, 0.717) is 5.69 Å². The Balaban J connectivity index is 2.27. The van der Waals surface area contributed by atoms with Gasteiger partial charge in [0.15, 0.2) is 0 Å². The molecule has 0 N–H and O–H groups in total. The van der Waals surface area contributed by atoms with Crippen molar-refractivity contribution >= 4 is 21.6 Å². The maximum Gasteiger partial charge on any atom is 0.246 e. The van der Waals surface area contributed by atoms with E-state index in [0.717, 1.165) is 38.6 Å². The summed E-state index contributed by atoms with van der Waals surface area (Å²) >= 11 is 0. The average molecular weight is 310 g/mol. The Labute approximate surface area is 126 Å². The van der Waals surface area contributed by atoms with Crippen LogP contribution >= 0.6 is 0 Å². The van der Waals surface area contributed by atoms with Crippen LogP contribution in [-0.4, -0.2) is 44.6 Å². The van der Waals surface area contributed by atoms with E-state index in [2.05, 4.69) is 0 Å². The van der Waals surface area contributed by atoms with Gasteiger partial charge in [0.05, 0.1) is 11.9 Å². The molecular formula is C15H22N2O3S. The third-order valence-corrected chi connectivity index (χ3v) is 4.99. The number of anilines is 1. The van der Waals surface area contributed by atoms with Crippen molar-refractivity contribution < 1.29 is 13.2 Å². The normalized spacial score (nSPS) is 17.3. The van der Waals surface area contributed by atoms with E-state index in [9.17, 15) is 13.2 Å². The molecule has 0 saturated carbocycles. The predicted molar refractivity (Wildman–Crippen MR) is 83.7 cm³/mol. The molecule has 0 aromatic heterocycles. The number of benzene rings is 1. The van der Waals surface area contributed by atoms with Crippen LogP contribution in [-0.2, 0) is 14.8 Å². The molecule has 2 rings (SSSR count). The lowest BCUT2D eigenvalue weighted by atomic mass is 10.1. The fourth-order valence-corrected chi connectivity index (χ4v) is 3.93. The minimum Gasteiger partial charge on any atom is -0.341 e. The van der Waals surface area contributed by atoms with Crippen LogP contribution in [0.3, 0.4) is 0 Å². The number of sulfonamides is 1. The van der Waals surface area contributed by atoms with Crippen LogP contribution in [0.25, 0.3) is 0 Å². The molecule has 1 atom stereocenters. The van der Waals surface area contributed by atoms with Crippen molar-refractivity contribution in [2.75, 3.05) is 23.7 Å². The number of hydrogen-bond acceptors (Lipinski definition) is 3. The number of hydrogen-bond donors (Lipinski definition) is 0. The summed E-state index contributed by atoms with van der Waals surface area (Å²) in [6, 6.07) is 8.06. The highest BCUT2D eigenvalue weighted by atomic mass is 32.2. The third-order valence-electron chi connectivity index (χ3n) is 3.74. The lowest BCUT2D eigenvalue weighted by molar-refractivity contribution is -0.132. The van der Waals surface area contributed by atoms with Crippen molar-refractivity contribution in [1.82, 2.24) is 4.90 Å². The molecule has 1 saturated heterocycles. The largest absolute Gasteiger partial charge is 0.341 e. The van der Waals surface area contributed by atoms with Gasteiger partial charge in [0.25, 0.3) is 0 Å². The first kappa shape index (κ1) is 15.8. The van der Waals surface area contributed by atoms with Crippen LogP contribution in [0.15, 0.2) is 30.3 Å². The molecule has 0 bridgehead atoms. The zero-order valence-electron chi connectivity index (χ0n) is 12.5. The number of rotatable bonds is 4. The third kappa shape index (κ3) is 3.75. The summed E-state index contributed by atoms with van der Waals surface area (Å²) in [5.41, 5.74) is 0.526. The molecule has 0 spiro atoms. The summed E-state index contributed by atoms with van der Waals surface area (Å²) in [7, 11) is -3.52. The molecular weight excluding hydrogens is 288 g/mol. The Morgan fingerprint density at radius 2 is 1.71 bits per heavy atom. The molecule has 0 radical (unpaired) electrons. The number of likely N-dealkylation sites (tertiary alicyclic amines) is 1. The van der Waals surface area contributed by atoms with Crippen molar-refractivity contribution in [3.8, 4) is 0 Å². The van der Waals surface area contributed by atoms with Gasteiger partial charge in [0.1, 0.15) is 6.04 Å². The van der Waals surface area contributed by atoms with Gasteiger partial charge in [-0.3, -0.25) is 9.10 Å². The minimum absolute atomic E-state index is 0.121. The maximum absolute atomic E-state index is 12.6. The molecule has 0 unspecified atom stereocenters. The molecule has 1 fully saturated rings. The zero-order valence-corrected chi connectivity index (χ0v) is 13.3. The van der Waals surface area contributed by atoms with E-state index in [1.54, 1.807) is 36.1 Å². The molecule has 1 heterocycles. The van der Waals surface area contributed by atoms with Crippen LogP contribution in [0.4, 0.5) is 5.69 Å². The highest BCUT2D eigenvalue weighted by Crippen LogP contribution is 2.22. The number of piperidine rings is 1. The van der Waals surface area contributed by atoms with Gasteiger partial charge in [-0.05, 0) is 38.3 Å². The molecule has 1 amide bonds. The van der Waals surface area contributed by atoms with Gasteiger partial charge in [-0.1, -0.05) is 18.2 Å². The second-order valence-electron chi connectivity index (χ2n) is 5.46. The highest BCUT2D eigenvalue weighted by molar-refractivity contribution is 7.92. The average Bonchev–Trinajstić information content (AvgIpc) is 2.47. The number of carbonyl (C=O) groups excluding carboxylic acids is 1. The molecule has 1 aliphatic rings. The molecule has 6 heteroatoms. The summed E-state index contributed by atoms with van der Waals surface area (Å²) in [6.07, 6.45) is 4.25. The summed E-state index contributed by atoms with van der Waals surface area (Å²) in [4.78, 5) is 14.4. The van der Waals surface area contributed by atoms with Gasteiger partial charge in [0, 0.05) is 13.1 Å². The first-order chi connectivity index (χ1) is 9.91. The van der Waals surface area contributed by atoms with Gasteiger partial charge >= 0.3 is 0 Å². The van der Waals surface area contributed by atoms with Crippen molar-refractivity contribution in [2.24, 2.45) is 0 Å². The number of nitrogens with zero attached hydrogens (tertiary/aromatic N) is 2. The molecule has 1 aliphatic heterocycles. The molecule has 5 nitrogen and oxygen atoms in total. The quantitative estimate of drug-likeness (QED) is 0.853. The summed E-state index contributed by atoms with van der Waals surface area (Å²) in [5, 5.41) is 0. The lowest BCUT2D eigenvalue weighted by Gasteiger charge is -2.34. The van der Waals surface area contributed by atoms with E-state index >= 15 is 0 Å². The van der Waals surface area contributed by atoms with E-state index in [1.165, 1.54) is 4.31 Å². The van der Waals surface area contributed by atoms with E-state index in [4.69, 9.17) is 0 Å². The number of amides is 1. The van der Waals surface area contributed by atoms with Gasteiger partial charge in [0.2, 0.25) is 15.9 Å². The van der Waals surface area contributed by atoms with E-state index in [1.807, 2.05) is 6.07 Å². The minimum atomic E-state index is -3.52. The first-order valence-electron chi connectivity index (χ1n) is 7.24. The van der Waals surface area contributed by atoms with Crippen LogP contribution in [0.1, 0.15) is 26.2 Å². The van der Waals surface area contributed by atoms with Gasteiger partial charge in [-0.25, -0.2) is 8.42 Å². The Morgan fingerprint density at radius 1 is 1.14 bits per heavy atom. The Bertz CT molecular complexity index is 580. The fraction of sp³-hybridized carbons (Fsp3) is 0.533. The molecule has 1 aromatic rings. The van der Waals surface area contributed by atoms with Gasteiger partial charge < -0.3 is 4.90 Å². The van der Waals surface area contributed by atoms with Gasteiger partial charge in [-0.15, -0.1) is 0 Å². The van der Waals surface area contributed by atoms with Crippen molar-refractivity contribution in [2.45, 2.75) is 32.2 Å². The molecule has 116 valence electrons. The van der Waals surface area contributed by atoms with Gasteiger partial charge in [-0.2, -0.15) is 0 Å². The molecule has 21 heavy (non-hydrogen) atoms. The zero-order chi connectivity index (χ0) is 15.5. The standard InChI is InChI=1S/C15H22N2O3S/c1-13(15(18)16-11-7-4-8-12-16)17(21(2,19)20)14-9-5-3-6-10-14/h3,5-6,9-10,13H,4,7-8,11-12H2,1-2H3/t13-/m1/s1. The summed E-state index contributed by atoms with van der Waals surface area (Å²) < 4.78 is 25.4. The van der Waals surface area contributed by atoms with E-state index < -0.39 is 16.1 Å². The Hall–Kier alpha value is -1.56. The Morgan fingerprint density at radius 3 is 2.24 bits per heavy atom. The summed E-state index contributed by atoms with van der Waals surface area (Å²) in [5.74, 6) is -0.121. The van der Waals surface area contributed by atoms with Crippen molar-refractivity contribution in [3.05, 3.63) is 30.3 Å². The van der Waals surface area contributed by atoms with Crippen LogP contribution in [0.2, 0.25) is 0 Å². The smallest absolute Gasteiger partial charge is 0.246 e. The first-order valence-corrected chi connectivity index (χ1v) is 9.09. The van der Waals surface area contributed by atoms with Crippen molar-refractivity contribution in [3.63, 3.8) is 0 Å². The summed E-state index contributed by atoms with van der Waals surface area (Å²) in [6.45, 7) is 3.09.